The summed E-state index contributed by atoms with van der Waals surface area (Å²) in [5.74, 6) is -0.00756. The number of hydrogen-bond donors (Lipinski definition) is 2. The van der Waals surface area contributed by atoms with Gasteiger partial charge in [-0.3, -0.25) is 4.79 Å². The van der Waals surface area contributed by atoms with Crippen LogP contribution >= 0.6 is 11.8 Å². The fourth-order valence-corrected chi connectivity index (χ4v) is 3.50. The van der Waals surface area contributed by atoms with E-state index < -0.39 is 11.4 Å². The van der Waals surface area contributed by atoms with Crippen LogP contribution in [0.5, 0.6) is 0 Å². The van der Waals surface area contributed by atoms with E-state index in [1.807, 2.05) is 81.4 Å². The van der Waals surface area contributed by atoms with Gasteiger partial charge >= 0.3 is 0 Å². The van der Waals surface area contributed by atoms with Crippen LogP contribution in [0.25, 0.3) is 0 Å². The number of anilines is 3. The van der Waals surface area contributed by atoms with Gasteiger partial charge in [0.2, 0.25) is 5.95 Å². The molecule has 2 aromatic carbocycles. The average molecular weight is 459 g/mol. The van der Waals surface area contributed by atoms with Gasteiger partial charge < -0.3 is 15.5 Å². The molecule has 0 aliphatic heterocycles. The van der Waals surface area contributed by atoms with Crippen LogP contribution in [0, 0.1) is 11.3 Å². The van der Waals surface area contributed by atoms with E-state index in [-0.39, 0.29) is 5.57 Å². The summed E-state index contributed by atoms with van der Waals surface area (Å²) in [7, 11) is 3.79. The molecular weight excluding hydrogens is 432 g/mol. The highest BCUT2D eigenvalue weighted by molar-refractivity contribution is 7.99. The van der Waals surface area contributed by atoms with Crippen molar-refractivity contribution in [2.24, 2.45) is 0 Å². The monoisotopic (exact) mass is 458 g/mol. The summed E-state index contributed by atoms with van der Waals surface area (Å²) in [6.07, 6.45) is 3.36. The van der Waals surface area contributed by atoms with Crippen molar-refractivity contribution < 1.29 is 4.79 Å². The molecule has 1 heterocycles. The lowest BCUT2D eigenvalue weighted by molar-refractivity contribution is -0.112. The van der Waals surface area contributed by atoms with Crippen LogP contribution in [0.4, 0.5) is 17.3 Å². The molecular formula is C25H26N6OS. The van der Waals surface area contributed by atoms with Crippen LogP contribution < -0.4 is 10.6 Å². The first kappa shape index (κ1) is 24.0. The van der Waals surface area contributed by atoms with E-state index in [1.165, 1.54) is 0 Å². The number of amides is 1. The molecule has 7 nitrogen and oxygen atoms in total. The van der Waals surface area contributed by atoms with Gasteiger partial charge in [0.15, 0.2) is 0 Å². The lowest BCUT2D eigenvalue weighted by atomic mass is 10.00. The van der Waals surface area contributed by atoms with E-state index >= 15 is 0 Å². The molecule has 0 radical (unpaired) electrons. The maximum absolute atomic E-state index is 12.7. The molecule has 2 N–H and O–H groups in total. The Labute approximate surface area is 198 Å². The summed E-state index contributed by atoms with van der Waals surface area (Å²) in [5.41, 5.74) is 0.891. The lowest BCUT2D eigenvalue weighted by Gasteiger charge is -2.29. The van der Waals surface area contributed by atoms with Gasteiger partial charge in [-0.25, -0.2) is 9.97 Å². The van der Waals surface area contributed by atoms with Crippen LogP contribution in [0.3, 0.4) is 0 Å². The third kappa shape index (κ3) is 6.91. The van der Waals surface area contributed by atoms with Crippen molar-refractivity contribution in [3.8, 4) is 6.07 Å². The largest absolute Gasteiger partial charge is 0.324 e. The molecule has 0 bridgehead atoms. The highest BCUT2D eigenvalue weighted by atomic mass is 32.2. The first-order chi connectivity index (χ1) is 15.8. The summed E-state index contributed by atoms with van der Waals surface area (Å²) in [6.45, 7) is 3.87. The van der Waals surface area contributed by atoms with Crippen LogP contribution in [0.15, 0.2) is 88.4 Å². The zero-order valence-corrected chi connectivity index (χ0v) is 19.9. The Kier molecular flexibility index (Phi) is 7.83. The van der Waals surface area contributed by atoms with Crippen LogP contribution in [0.2, 0.25) is 0 Å². The smallest absolute Gasteiger partial charge is 0.266 e. The molecule has 3 rings (SSSR count). The molecule has 0 aliphatic rings. The zero-order chi connectivity index (χ0) is 23.8. The highest BCUT2D eigenvalue weighted by Crippen LogP contribution is 2.27. The molecule has 3 aromatic rings. The van der Waals surface area contributed by atoms with E-state index in [0.717, 1.165) is 9.92 Å². The molecule has 0 fully saturated rings. The molecule has 168 valence electrons. The second-order valence-corrected chi connectivity index (χ2v) is 9.11. The van der Waals surface area contributed by atoms with Crippen molar-refractivity contribution in [1.29, 1.82) is 5.26 Å². The Morgan fingerprint density at radius 1 is 1.09 bits per heavy atom. The quantitative estimate of drug-likeness (QED) is 0.275. The van der Waals surface area contributed by atoms with Crippen molar-refractivity contribution in [2.45, 2.75) is 29.3 Å². The van der Waals surface area contributed by atoms with E-state index in [0.29, 0.717) is 17.3 Å². The number of nitrogens with one attached hydrogen (secondary N) is 2. The highest BCUT2D eigenvalue weighted by Gasteiger charge is 2.21. The van der Waals surface area contributed by atoms with Crippen LogP contribution in [-0.2, 0) is 4.79 Å². The second-order valence-electron chi connectivity index (χ2n) is 8.01. The minimum absolute atomic E-state index is 0.0565. The molecule has 0 unspecified atom stereocenters. The Bertz CT molecular complexity index is 1180. The van der Waals surface area contributed by atoms with Crippen molar-refractivity contribution in [1.82, 2.24) is 14.9 Å². The Morgan fingerprint density at radius 2 is 1.82 bits per heavy atom. The number of nitrogens with zero attached hydrogens (tertiary/aromatic N) is 4. The number of carbonyl (C=O) groups is 1. The zero-order valence-electron chi connectivity index (χ0n) is 19.0. The Balaban J connectivity index is 1.71. The van der Waals surface area contributed by atoms with Crippen molar-refractivity contribution in [3.63, 3.8) is 0 Å². The number of hydrogen-bond acceptors (Lipinski definition) is 7. The van der Waals surface area contributed by atoms with Crippen molar-refractivity contribution >= 4 is 35.0 Å². The third-order valence-corrected chi connectivity index (χ3v) is 5.93. The number of benzene rings is 2. The fraction of sp³-hybridized carbons (Fsp3) is 0.200. The minimum atomic E-state index is -0.456. The number of nitriles is 1. The number of aromatic nitrogens is 2. The van der Waals surface area contributed by atoms with Gasteiger partial charge in [0, 0.05) is 28.0 Å². The van der Waals surface area contributed by atoms with Crippen molar-refractivity contribution in [3.05, 3.63) is 78.5 Å². The topological polar surface area (TPSA) is 93.9 Å². The normalized spacial score (nSPS) is 11.7. The average Bonchev–Trinajstić information content (AvgIpc) is 2.78. The van der Waals surface area contributed by atoms with Gasteiger partial charge in [-0.1, -0.05) is 36.0 Å². The molecule has 0 saturated heterocycles. The first-order valence-electron chi connectivity index (χ1n) is 10.3. The van der Waals surface area contributed by atoms with Gasteiger partial charge in [0.1, 0.15) is 16.7 Å². The lowest BCUT2D eigenvalue weighted by Crippen LogP contribution is -2.37. The number of carbonyl (C=O) groups excluding carboxylic acids is 1. The van der Waals surface area contributed by atoms with Gasteiger partial charge in [-0.2, -0.15) is 5.26 Å². The maximum atomic E-state index is 12.7. The van der Waals surface area contributed by atoms with E-state index in [1.54, 1.807) is 42.2 Å². The van der Waals surface area contributed by atoms with Crippen LogP contribution in [-0.4, -0.2) is 40.4 Å². The molecule has 0 aliphatic carbocycles. The van der Waals surface area contributed by atoms with Gasteiger partial charge in [-0.05, 0) is 70.4 Å². The number of rotatable bonds is 8. The SMILES string of the molecule is CN(C)C(C)(C)/C=C(\C#N)C(=O)Nc1cccc(Nc2nccc(Sc3ccccc3)n2)c1. The van der Waals surface area contributed by atoms with Crippen LogP contribution in [0.1, 0.15) is 13.8 Å². The van der Waals surface area contributed by atoms with E-state index in [9.17, 15) is 10.1 Å². The third-order valence-electron chi connectivity index (χ3n) is 4.99. The summed E-state index contributed by atoms with van der Waals surface area (Å²) < 4.78 is 0. The van der Waals surface area contributed by atoms with Gasteiger partial charge in [0.05, 0.1) is 0 Å². The molecule has 0 atom stereocenters. The summed E-state index contributed by atoms with van der Waals surface area (Å²) in [6, 6.07) is 21.0. The van der Waals surface area contributed by atoms with Gasteiger partial charge in [0.25, 0.3) is 5.91 Å². The van der Waals surface area contributed by atoms with E-state index in [4.69, 9.17) is 0 Å². The summed E-state index contributed by atoms with van der Waals surface area (Å²) >= 11 is 1.55. The Morgan fingerprint density at radius 3 is 2.52 bits per heavy atom. The Hall–Kier alpha value is -3.67. The summed E-state index contributed by atoms with van der Waals surface area (Å²) in [5, 5.41) is 16.2. The minimum Gasteiger partial charge on any atom is -0.324 e. The molecule has 8 heteroatoms. The summed E-state index contributed by atoms with van der Waals surface area (Å²) in [4.78, 5) is 24.5. The maximum Gasteiger partial charge on any atom is 0.266 e. The fourth-order valence-electron chi connectivity index (χ4n) is 2.70. The molecule has 1 aromatic heterocycles. The second kappa shape index (κ2) is 10.8. The number of likely N-dealkylation sites (N-methyl/N-ethyl adjacent to an activating group) is 1. The molecule has 1 amide bonds. The van der Waals surface area contributed by atoms with Crippen molar-refractivity contribution in [2.75, 3.05) is 24.7 Å². The molecule has 0 saturated carbocycles. The first-order valence-corrected chi connectivity index (χ1v) is 11.1. The molecule has 33 heavy (non-hydrogen) atoms. The standard InChI is InChI=1S/C25H26N6OS/c1-25(2,31(3)4)16-18(17-26)23(32)28-19-9-8-10-20(15-19)29-24-27-14-13-22(30-24)33-21-11-6-5-7-12-21/h5-16H,1-4H3,(H,28,32)(H,27,29,30)/b18-16+. The van der Waals surface area contributed by atoms with Gasteiger partial charge in [-0.15, -0.1) is 0 Å². The van der Waals surface area contributed by atoms with E-state index in [2.05, 4.69) is 20.6 Å². The molecule has 0 spiro atoms. The predicted octanol–water partition coefficient (Wildman–Crippen LogP) is 5.10. The predicted molar refractivity (Wildman–Crippen MR) is 132 cm³/mol.